The highest BCUT2D eigenvalue weighted by Gasteiger charge is 2.45. The van der Waals surface area contributed by atoms with Gasteiger partial charge in [-0.1, -0.05) is 24.3 Å². The molecule has 1 aromatic carbocycles. The third-order valence-electron chi connectivity index (χ3n) is 6.91. The van der Waals surface area contributed by atoms with Crippen molar-refractivity contribution in [1.29, 1.82) is 0 Å². The van der Waals surface area contributed by atoms with Gasteiger partial charge in [-0.3, -0.25) is 9.59 Å². The van der Waals surface area contributed by atoms with Gasteiger partial charge >= 0.3 is 0 Å². The number of hydrogen-bond donors (Lipinski definition) is 2. The number of rotatable bonds is 2. The quantitative estimate of drug-likeness (QED) is 0.654. The van der Waals surface area contributed by atoms with Crippen LogP contribution in [0.15, 0.2) is 36.4 Å². The lowest BCUT2D eigenvalue weighted by molar-refractivity contribution is -0.135. The van der Waals surface area contributed by atoms with Gasteiger partial charge in [-0.05, 0) is 37.1 Å². The van der Waals surface area contributed by atoms with Crippen LogP contribution in [0.2, 0.25) is 0 Å². The minimum atomic E-state index is -0.597. The Bertz CT molecular complexity index is 835. The molecule has 0 saturated carbocycles. The summed E-state index contributed by atoms with van der Waals surface area (Å²) in [4.78, 5) is 28.3. The summed E-state index contributed by atoms with van der Waals surface area (Å²) < 4.78 is 16.8. The van der Waals surface area contributed by atoms with Gasteiger partial charge in [0.2, 0.25) is 11.8 Å². The fourth-order valence-electron chi connectivity index (χ4n) is 4.88. The predicted molar refractivity (Wildman–Crippen MR) is 124 cm³/mol. The van der Waals surface area contributed by atoms with Crippen molar-refractivity contribution < 1.29 is 23.8 Å². The summed E-state index contributed by atoms with van der Waals surface area (Å²) in [5.41, 5.74) is 0.495. The molecule has 3 aliphatic heterocycles. The van der Waals surface area contributed by atoms with Crippen molar-refractivity contribution in [2.24, 2.45) is 5.41 Å². The van der Waals surface area contributed by atoms with Gasteiger partial charge in [-0.15, -0.1) is 0 Å². The number of amides is 2. The van der Waals surface area contributed by atoms with Crippen LogP contribution in [-0.4, -0.2) is 82.5 Å². The van der Waals surface area contributed by atoms with E-state index in [2.05, 4.69) is 10.6 Å². The molecule has 33 heavy (non-hydrogen) atoms. The first-order chi connectivity index (χ1) is 16.1. The van der Waals surface area contributed by atoms with E-state index in [1.165, 1.54) is 0 Å². The molecule has 4 rings (SSSR count). The lowest BCUT2D eigenvalue weighted by atomic mass is 9.85. The number of fused-ring (bicyclic) bond motifs is 2. The van der Waals surface area contributed by atoms with Gasteiger partial charge in [0.1, 0.15) is 5.75 Å². The molecule has 0 aliphatic carbocycles. The Labute approximate surface area is 195 Å². The molecular weight excluding hydrogens is 422 g/mol. The Hall–Kier alpha value is -2.42. The van der Waals surface area contributed by atoms with Crippen LogP contribution < -0.4 is 15.4 Å². The summed E-state index contributed by atoms with van der Waals surface area (Å²) in [5, 5.41) is 6.63. The second kappa shape index (κ2) is 11.1. The summed E-state index contributed by atoms with van der Waals surface area (Å²) >= 11 is 0. The maximum Gasteiger partial charge on any atom is 0.230 e. The number of benzene rings is 1. The average molecular weight is 458 g/mol. The number of nitrogens with zero attached hydrogens (tertiary/aromatic N) is 1. The van der Waals surface area contributed by atoms with Crippen LogP contribution in [-0.2, 0) is 19.1 Å². The van der Waals surface area contributed by atoms with E-state index in [9.17, 15) is 9.59 Å². The van der Waals surface area contributed by atoms with Gasteiger partial charge in [0.25, 0.3) is 0 Å². The van der Waals surface area contributed by atoms with Crippen molar-refractivity contribution in [2.75, 3.05) is 59.7 Å². The lowest BCUT2D eigenvalue weighted by Gasteiger charge is -2.30. The lowest BCUT2D eigenvalue weighted by Crippen LogP contribution is -2.51. The van der Waals surface area contributed by atoms with Crippen LogP contribution >= 0.6 is 0 Å². The Morgan fingerprint density at radius 2 is 1.88 bits per heavy atom. The summed E-state index contributed by atoms with van der Waals surface area (Å²) in [5.74, 6) is 0.916. The zero-order valence-corrected chi connectivity index (χ0v) is 19.4. The normalized spacial score (nSPS) is 30.8. The van der Waals surface area contributed by atoms with Gasteiger partial charge in [0.05, 0.1) is 38.4 Å². The smallest absolute Gasteiger partial charge is 0.230 e. The van der Waals surface area contributed by atoms with Crippen LogP contribution in [0.5, 0.6) is 5.75 Å². The minimum absolute atomic E-state index is 0.00180. The predicted octanol–water partition coefficient (Wildman–Crippen LogP) is 1.47. The first-order valence-corrected chi connectivity index (χ1v) is 11.9. The zero-order chi connectivity index (χ0) is 23.1. The third kappa shape index (κ3) is 5.75. The molecule has 2 bridgehead atoms. The number of hydrogen-bond acceptors (Lipinski definition) is 6. The van der Waals surface area contributed by atoms with Crippen molar-refractivity contribution in [3.05, 3.63) is 42.0 Å². The maximum absolute atomic E-state index is 13.5. The van der Waals surface area contributed by atoms with E-state index in [0.29, 0.717) is 58.9 Å². The van der Waals surface area contributed by atoms with E-state index in [-0.39, 0.29) is 23.8 Å². The minimum Gasteiger partial charge on any atom is -0.497 e. The fraction of sp³-hybridized carbons (Fsp3) is 0.600. The molecule has 3 heterocycles. The van der Waals surface area contributed by atoms with Crippen LogP contribution in [0.1, 0.15) is 30.7 Å². The molecule has 1 aromatic rings. The monoisotopic (exact) mass is 457 g/mol. The standard InChI is InChI=1S/C25H35N3O5/c1-31-20-8-6-19(7-9-20)21-15-28-16-22(21)27-24(30)25(10-11-26-17-25)18-33-13-3-2-12-32-14-4-5-23(28)29/h2-3,6-9,21-22,26H,4-5,10-18H2,1H3,(H,27,30)/b3-2+/t21-,22+,25?/m0/s1. The van der Waals surface area contributed by atoms with Gasteiger partial charge in [-0.25, -0.2) is 0 Å². The average Bonchev–Trinajstić information content (AvgIpc) is 3.48. The summed E-state index contributed by atoms with van der Waals surface area (Å²) in [6.07, 6.45) is 5.69. The zero-order valence-electron chi connectivity index (χ0n) is 19.4. The van der Waals surface area contributed by atoms with Crippen molar-refractivity contribution in [3.63, 3.8) is 0 Å². The molecule has 0 aromatic heterocycles. The molecule has 2 amide bonds. The van der Waals surface area contributed by atoms with Gasteiger partial charge in [0, 0.05) is 38.6 Å². The highest BCUT2D eigenvalue weighted by atomic mass is 16.5. The number of nitrogens with one attached hydrogen (secondary N) is 2. The van der Waals surface area contributed by atoms with Crippen LogP contribution in [0, 0.1) is 5.41 Å². The molecule has 8 heteroatoms. The third-order valence-corrected chi connectivity index (χ3v) is 6.91. The second-order valence-electron chi connectivity index (χ2n) is 9.13. The Morgan fingerprint density at radius 3 is 2.61 bits per heavy atom. The van der Waals surface area contributed by atoms with Crippen LogP contribution in [0.25, 0.3) is 0 Å². The van der Waals surface area contributed by atoms with Crippen molar-refractivity contribution in [2.45, 2.75) is 31.2 Å². The number of methoxy groups -OCH3 is 1. The summed E-state index contributed by atoms with van der Waals surface area (Å²) in [6, 6.07) is 7.76. The Morgan fingerprint density at radius 1 is 1.09 bits per heavy atom. The molecule has 2 fully saturated rings. The molecule has 8 nitrogen and oxygen atoms in total. The van der Waals surface area contributed by atoms with E-state index in [1.54, 1.807) is 7.11 Å². The van der Waals surface area contributed by atoms with Crippen molar-refractivity contribution in [3.8, 4) is 5.75 Å². The van der Waals surface area contributed by atoms with E-state index >= 15 is 0 Å². The second-order valence-corrected chi connectivity index (χ2v) is 9.13. The van der Waals surface area contributed by atoms with Crippen molar-refractivity contribution in [1.82, 2.24) is 15.5 Å². The molecule has 2 saturated heterocycles. The first kappa shape index (κ1) is 23.7. The highest BCUT2D eigenvalue weighted by Crippen LogP contribution is 2.32. The number of carbonyl (C=O) groups excluding carboxylic acids is 2. The molecular formula is C25H35N3O5. The fourth-order valence-corrected chi connectivity index (χ4v) is 4.88. The van der Waals surface area contributed by atoms with Gasteiger partial charge in [-0.2, -0.15) is 0 Å². The van der Waals surface area contributed by atoms with Crippen LogP contribution in [0.4, 0.5) is 0 Å². The summed E-state index contributed by atoms with van der Waals surface area (Å²) in [6.45, 7) is 4.32. The first-order valence-electron chi connectivity index (χ1n) is 11.9. The maximum atomic E-state index is 13.5. The topological polar surface area (TPSA) is 89.1 Å². The van der Waals surface area contributed by atoms with E-state index < -0.39 is 5.41 Å². The van der Waals surface area contributed by atoms with E-state index in [1.807, 2.05) is 41.3 Å². The van der Waals surface area contributed by atoms with Gasteiger partial charge < -0.3 is 29.7 Å². The molecule has 2 N–H and O–H groups in total. The highest BCUT2D eigenvalue weighted by molar-refractivity contribution is 5.84. The molecule has 1 spiro atoms. The molecule has 180 valence electrons. The number of carbonyl (C=O) groups is 2. The molecule has 1 unspecified atom stereocenters. The SMILES string of the molecule is COc1ccc([C@@H]2CN3C[C@H]2NC(=O)C2(CCNC2)COC/C=C/COCCCC3=O)cc1. The largest absolute Gasteiger partial charge is 0.497 e. The molecule has 0 radical (unpaired) electrons. The molecule has 3 atom stereocenters. The Balaban J connectivity index is 1.56. The van der Waals surface area contributed by atoms with E-state index in [0.717, 1.165) is 24.3 Å². The van der Waals surface area contributed by atoms with Crippen LogP contribution in [0.3, 0.4) is 0 Å². The summed E-state index contributed by atoms with van der Waals surface area (Å²) in [7, 11) is 1.64. The number of ether oxygens (including phenoxy) is 3. The van der Waals surface area contributed by atoms with E-state index in [4.69, 9.17) is 14.2 Å². The van der Waals surface area contributed by atoms with Gasteiger partial charge in [0.15, 0.2) is 0 Å². The molecule has 3 aliphatic rings. The van der Waals surface area contributed by atoms with Crippen molar-refractivity contribution >= 4 is 11.8 Å². The Kier molecular flexibility index (Phi) is 8.01.